The summed E-state index contributed by atoms with van der Waals surface area (Å²) in [6, 6.07) is 8.80. The lowest BCUT2D eigenvalue weighted by atomic mass is 10.0. The summed E-state index contributed by atoms with van der Waals surface area (Å²) in [5.41, 5.74) is 0.754. The van der Waals surface area contributed by atoms with Gasteiger partial charge in [0.05, 0.1) is 12.3 Å². The van der Waals surface area contributed by atoms with Crippen molar-refractivity contribution in [1.29, 1.82) is 5.26 Å². The van der Waals surface area contributed by atoms with Crippen LogP contribution in [-0.4, -0.2) is 11.4 Å². The molecule has 0 spiro atoms. The van der Waals surface area contributed by atoms with Gasteiger partial charge in [-0.15, -0.1) is 5.16 Å². The van der Waals surface area contributed by atoms with E-state index in [0.717, 1.165) is 5.56 Å². The maximum atomic E-state index is 8.69. The van der Waals surface area contributed by atoms with Crippen LogP contribution >= 0.6 is 11.6 Å². The van der Waals surface area contributed by atoms with E-state index in [-0.39, 0.29) is 0 Å². The minimum atomic E-state index is -0.526. The number of nitrogens with zero attached hydrogens (tertiary/aromatic N) is 2. The highest BCUT2D eigenvalue weighted by Gasteiger charge is 2.06. The molecular formula is C9H7ClN2O. The van der Waals surface area contributed by atoms with Crippen LogP contribution in [-0.2, 0) is 0 Å². The van der Waals surface area contributed by atoms with Crippen molar-refractivity contribution in [3.63, 3.8) is 0 Å². The number of hydrogen-bond acceptors (Lipinski definition) is 3. The van der Waals surface area contributed by atoms with Gasteiger partial charge in [0.15, 0.2) is 0 Å². The number of nitriles is 1. The second kappa shape index (κ2) is 4.48. The zero-order chi connectivity index (χ0) is 9.68. The van der Waals surface area contributed by atoms with E-state index in [9.17, 15) is 0 Å². The Morgan fingerprint density at radius 2 is 2.08 bits per heavy atom. The fourth-order valence-corrected chi connectivity index (χ4v) is 1.06. The van der Waals surface area contributed by atoms with Crippen molar-refractivity contribution in [2.45, 2.75) is 5.92 Å². The molecule has 0 saturated carbocycles. The third-order valence-electron chi connectivity index (χ3n) is 1.58. The van der Waals surface area contributed by atoms with Crippen LogP contribution in [0.5, 0.6) is 0 Å². The van der Waals surface area contributed by atoms with Crippen LogP contribution in [0.3, 0.4) is 0 Å². The lowest BCUT2D eigenvalue weighted by Crippen LogP contribution is -1.96. The Labute approximate surface area is 80.9 Å². The third kappa shape index (κ3) is 2.46. The molecule has 0 aliphatic heterocycles. The highest BCUT2D eigenvalue weighted by atomic mass is 35.5. The molecule has 1 aromatic rings. The Morgan fingerprint density at radius 1 is 1.46 bits per heavy atom. The molecule has 0 bridgehead atoms. The van der Waals surface area contributed by atoms with E-state index < -0.39 is 5.92 Å². The van der Waals surface area contributed by atoms with Crippen molar-refractivity contribution in [2.24, 2.45) is 5.16 Å². The maximum absolute atomic E-state index is 8.69. The number of hydrogen-bond donors (Lipinski definition) is 1. The first-order valence-corrected chi connectivity index (χ1v) is 3.98. The molecule has 1 rings (SSSR count). The summed E-state index contributed by atoms with van der Waals surface area (Å²) in [5, 5.41) is 20.4. The van der Waals surface area contributed by atoms with Crippen molar-refractivity contribution >= 4 is 17.8 Å². The Bertz CT molecular complexity index is 340. The summed E-state index contributed by atoms with van der Waals surface area (Å²) < 4.78 is 0. The van der Waals surface area contributed by atoms with Crippen LogP contribution in [0.15, 0.2) is 29.4 Å². The van der Waals surface area contributed by atoms with E-state index in [2.05, 4.69) is 5.16 Å². The van der Waals surface area contributed by atoms with Crippen LogP contribution < -0.4 is 0 Å². The molecule has 1 aromatic carbocycles. The first kappa shape index (κ1) is 9.56. The highest BCUT2D eigenvalue weighted by molar-refractivity contribution is 6.30. The lowest BCUT2D eigenvalue weighted by Gasteiger charge is -2.01. The van der Waals surface area contributed by atoms with Gasteiger partial charge < -0.3 is 5.21 Å². The molecule has 1 atom stereocenters. The number of oxime groups is 1. The second-order valence-electron chi connectivity index (χ2n) is 2.42. The van der Waals surface area contributed by atoms with Crippen molar-refractivity contribution in [3.05, 3.63) is 34.9 Å². The largest absolute Gasteiger partial charge is 0.411 e. The number of rotatable bonds is 2. The molecule has 66 valence electrons. The lowest BCUT2D eigenvalue weighted by molar-refractivity contribution is 0.320. The second-order valence-corrected chi connectivity index (χ2v) is 2.86. The SMILES string of the molecule is N#CC(/C=N\O)c1ccc(Cl)cc1. The van der Waals surface area contributed by atoms with Gasteiger partial charge in [-0.25, -0.2) is 0 Å². The van der Waals surface area contributed by atoms with Crippen LogP contribution in [0.1, 0.15) is 11.5 Å². The van der Waals surface area contributed by atoms with E-state index in [4.69, 9.17) is 22.1 Å². The first-order valence-electron chi connectivity index (χ1n) is 3.60. The molecule has 0 aliphatic rings. The number of benzene rings is 1. The predicted molar refractivity (Wildman–Crippen MR) is 50.1 cm³/mol. The van der Waals surface area contributed by atoms with Gasteiger partial charge in [0.25, 0.3) is 0 Å². The Kier molecular flexibility index (Phi) is 3.30. The molecule has 13 heavy (non-hydrogen) atoms. The molecule has 0 aliphatic carbocycles. The zero-order valence-electron chi connectivity index (χ0n) is 6.68. The van der Waals surface area contributed by atoms with Crippen molar-refractivity contribution in [2.75, 3.05) is 0 Å². The fraction of sp³-hybridized carbons (Fsp3) is 0.111. The maximum Gasteiger partial charge on any atom is 0.110 e. The van der Waals surface area contributed by atoms with Gasteiger partial charge in [0.1, 0.15) is 5.92 Å². The van der Waals surface area contributed by atoms with Gasteiger partial charge in [-0.1, -0.05) is 23.7 Å². The predicted octanol–water partition coefficient (Wildman–Crippen LogP) is 2.41. The molecular weight excluding hydrogens is 188 g/mol. The molecule has 0 heterocycles. The highest BCUT2D eigenvalue weighted by Crippen LogP contribution is 2.16. The van der Waals surface area contributed by atoms with E-state index >= 15 is 0 Å². The van der Waals surface area contributed by atoms with E-state index in [1.807, 2.05) is 6.07 Å². The summed E-state index contributed by atoms with van der Waals surface area (Å²) in [6.45, 7) is 0. The monoisotopic (exact) mass is 194 g/mol. The third-order valence-corrected chi connectivity index (χ3v) is 1.84. The normalized spacial score (nSPS) is 12.6. The average Bonchev–Trinajstić information content (AvgIpc) is 2.16. The molecule has 1 unspecified atom stereocenters. The number of halogens is 1. The van der Waals surface area contributed by atoms with E-state index in [1.165, 1.54) is 6.21 Å². The fourth-order valence-electron chi connectivity index (χ4n) is 0.931. The van der Waals surface area contributed by atoms with Crippen LogP contribution in [0.2, 0.25) is 5.02 Å². The minimum Gasteiger partial charge on any atom is -0.411 e. The van der Waals surface area contributed by atoms with Crippen molar-refractivity contribution < 1.29 is 5.21 Å². The van der Waals surface area contributed by atoms with Gasteiger partial charge in [0, 0.05) is 5.02 Å². The van der Waals surface area contributed by atoms with Gasteiger partial charge in [-0.2, -0.15) is 5.26 Å². The molecule has 0 aromatic heterocycles. The molecule has 0 amide bonds. The average molecular weight is 195 g/mol. The Morgan fingerprint density at radius 3 is 2.54 bits per heavy atom. The summed E-state index contributed by atoms with van der Waals surface area (Å²) in [5.74, 6) is -0.526. The van der Waals surface area contributed by atoms with Gasteiger partial charge in [0.2, 0.25) is 0 Å². The van der Waals surface area contributed by atoms with E-state index in [0.29, 0.717) is 5.02 Å². The van der Waals surface area contributed by atoms with Gasteiger partial charge >= 0.3 is 0 Å². The molecule has 4 heteroatoms. The van der Waals surface area contributed by atoms with Gasteiger partial charge in [-0.05, 0) is 17.7 Å². The summed E-state index contributed by atoms with van der Waals surface area (Å²) >= 11 is 5.67. The van der Waals surface area contributed by atoms with Crippen molar-refractivity contribution in [1.82, 2.24) is 0 Å². The molecule has 3 nitrogen and oxygen atoms in total. The quantitative estimate of drug-likeness (QED) is 0.447. The topological polar surface area (TPSA) is 56.4 Å². The molecule has 1 N–H and O–H groups in total. The molecule has 0 saturated heterocycles. The van der Waals surface area contributed by atoms with Crippen LogP contribution in [0, 0.1) is 11.3 Å². The Hall–Kier alpha value is -1.53. The minimum absolute atomic E-state index is 0.526. The first-order chi connectivity index (χ1) is 6.27. The standard InChI is InChI=1S/C9H7ClN2O/c10-9-3-1-7(2-4-9)8(5-11)6-12-13/h1-4,6,8,13H/b12-6-. The zero-order valence-corrected chi connectivity index (χ0v) is 7.44. The van der Waals surface area contributed by atoms with Crippen molar-refractivity contribution in [3.8, 4) is 6.07 Å². The summed E-state index contributed by atoms with van der Waals surface area (Å²) in [6.07, 6.45) is 1.17. The van der Waals surface area contributed by atoms with Gasteiger partial charge in [-0.3, -0.25) is 0 Å². The van der Waals surface area contributed by atoms with Crippen LogP contribution in [0.25, 0.3) is 0 Å². The molecule has 0 fully saturated rings. The Balaban J connectivity index is 2.94. The summed E-state index contributed by atoms with van der Waals surface area (Å²) in [7, 11) is 0. The van der Waals surface area contributed by atoms with E-state index in [1.54, 1.807) is 24.3 Å². The van der Waals surface area contributed by atoms with Crippen LogP contribution in [0.4, 0.5) is 0 Å². The summed E-state index contributed by atoms with van der Waals surface area (Å²) in [4.78, 5) is 0. The smallest absolute Gasteiger partial charge is 0.110 e. The molecule has 0 radical (unpaired) electrons.